The van der Waals surface area contributed by atoms with E-state index in [0.717, 1.165) is 24.3 Å². The molecule has 1 heterocycles. The second-order valence-corrected chi connectivity index (χ2v) is 6.19. The number of aromatic amines is 2. The zero-order valence-corrected chi connectivity index (χ0v) is 15.4. The van der Waals surface area contributed by atoms with E-state index in [1.54, 1.807) is 6.92 Å². The van der Waals surface area contributed by atoms with Gasteiger partial charge in [-0.2, -0.15) is 13.2 Å². The summed E-state index contributed by atoms with van der Waals surface area (Å²) in [6.45, 7) is 1.73. The lowest BCUT2D eigenvalue weighted by atomic mass is 10.1. The van der Waals surface area contributed by atoms with Gasteiger partial charge in [0.1, 0.15) is 0 Å². The summed E-state index contributed by atoms with van der Waals surface area (Å²) in [6, 6.07) is 3.77. The number of aromatic nitrogens is 2. The van der Waals surface area contributed by atoms with Gasteiger partial charge in [0, 0.05) is 36.3 Å². The van der Waals surface area contributed by atoms with Crippen LogP contribution in [0.4, 0.5) is 13.2 Å². The van der Waals surface area contributed by atoms with Crippen molar-refractivity contribution in [2.24, 2.45) is 0 Å². The van der Waals surface area contributed by atoms with Crippen LogP contribution in [0, 0.1) is 6.92 Å². The lowest BCUT2D eigenvalue weighted by Crippen LogP contribution is -2.35. The molecule has 2 rings (SSSR count). The zero-order chi connectivity index (χ0) is 21.6. The molecule has 0 bridgehead atoms. The van der Waals surface area contributed by atoms with E-state index in [9.17, 15) is 32.3 Å². The molecule has 1 aromatic heterocycles. The maximum Gasteiger partial charge on any atom is 0.416 e. The van der Waals surface area contributed by atoms with Crippen molar-refractivity contribution >= 4 is 11.8 Å². The van der Waals surface area contributed by atoms with E-state index in [4.69, 9.17) is 0 Å². The zero-order valence-electron chi connectivity index (χ0n) is 15.4. The number of H-pyrrole nitrogens is 2. The van der Waals surface area contributed by atoms with Gasteiger partial charge < -0.3 is 15.6 Å². The number of nitrogens with one attached hydrogen (secondary N) is 4. The van der Waals surface area contributed by atoms with Gasteiger partial charge in [0.2, 0.25) is 5.91 Å². The molecular weight excluding hydrogens is 393 g/mol. The first-order valence-corrected chi connectivity index (χ1v) is 8.62. The van der Waals surface area contributed by atoms with Crippen molar-refractivity contribution in [1.82, 2.24) is 20.6 Å². The Bertz CT molecular complexity index is 994. The highest BCUT2D eigenvalue weighted by Gasteiger charge is 2.30. The van der Waals surface area contributed by atoms with E-state index < -0.39 is 28.9 Å². The maximum atomic E-state index is 12.5. The average molecular weight is 412 g/mol. The fourth-order valence-electron chi connectivity index (χ4n) is 2.54. The summed E-state index contributed by atoms with van der Waals surface area (Å²) in [7, 11) is 0. The van der Waals surface area contributed by atoms with Crippen LogP contribution in [0.3, 0.4) is 0 Å². The second kappa shape index (κ2) is 9.22. The topological polar surface area (TPSA) is 124 Å². The van der Waals surface area contributed by atoms with E-state index in [0.29, 0.717) is 11.3 Å². The van der Waals surface area contributed by atoms with E-state index in [1.807, 2.05) is 0 Å². The number of alkyl halides is 3. The predicted molar refractivity (Wildman–Crippen MR) is 97.5 cm³/mol. The Hall–Kier alpha value is -3.37. The molecular formula is C18H19F3N4O4. The number of halogens is 3. The molecule has 0 aliphatic rings. The molecule has 8 nitrogen and oxygen atoms in total. The van der Waals surface area contributed by atoms with Gasteiger partial charge in [-0.1, -0.05) is 0 Å². The van der Waals surface area contributed by atoms with Crippen molar-refractivity contribution in [1.29, 1.82) is 0 Å². The first-order valence-electron chi connectivity index (χ1n) is 8.62. The van der Waals surface area contributed by atoms with Crippen molar-refractivity contribution in [3.05, 3.63) is 67.5 Å². The Morgan fingerprint density at radius 1 is 1.00 bits per heavy atom. The highest BCUT2D eigenvalue weighted by atomic mass is 19.4. The minimum absolute atomic E-state index is 0.00279. The molecule has 4 N–H and O–H groups in total. The minimum Gasteiger partial charge on any atom is -0.354 e. The smallest absolute Gasteiger partial charge is 0.354 e. The first kappa shape index (κ1) is 21.9. The molecule has 0 atom stereocenters. The standard InChI is InChI=1S/C18H19F3N4O4/c1-10-13(16(28)25-17(29)24-10)6-7-14(26)22-8-9-23-15(27)11-2-4-12(5-3-11)18(19,20)21/h2-5H,6-9H2,1H3,(H,22,26)(H,23,27)(H2,24,25,28,29). The lowest BCUT2D eigenvalue weighted by Gasteiger charge is -2.09. The van der Waals surface area contributed by atoms with Gasteiger partial charge in [-0.05, 0) is 37.6 Å². The first-order chi connectivity index (χ1) is 13.6. The molecule has 0 saturated carbocycles. The second-order valence-electron chi connectivity index (χ2n) is 6.19. The predicted octanol–water partition coefficient (Wildman–Crippen LogP) is 0.869. The SMILES string of the molecule is Cc1[nH]c(=O)[nH]c(=O)c1CCC(=O)NCCNC(=O)c1ccc(C(F)(F)F)cc1. The number of rotatable bonds is 7. The summed E-state index contributed by atoms with van der Waals surface area (Å²) < 4.78 is 37.5. The molecule has 0 saturated heterocycles. The summed E-state index contributed by atoms with van der Waals surface area (Å²) in [4.78, 5) is 51.1. The molecule has 2 aromatic rings. The summed E-state index contributed by atoms with van der Waals surface area (Å²) in [6.07, 6.45) is -4.34. The third-order valence-corrected chi connectivity index (χ3v) is 4.06. The molecule has 1 aromatic carbocycles. The Morgan fingerprint density at radius 3 is 2.21 bits per heavy atom. The van der Waals surface area contributed by atoms with Gasteiger partial charge in [0.15, 0.2) is 0 Å². The number of hydrogen-bond acceptors (Lipinski definition) is 4. The summed E-state index contributed by atoms with van der Waals surface area (Å²) in [5.74, 6) is -0.929. The van der Waals surface area contributed by atoms with E-state index >= 15 is 0 Å². The van der Waals surface area contributed by atoms with Gasteiger partial charge in [-0.15, -0.1) is 0 Å². The Balaban J connectivity index is 1.74. The van der Waals surface area contributed by atoms with Crippen LogP contribution in [0.5, 0.6) is 0 Å². The summed E-state index contributed by atoms with van der Waals surface area (Å²) in [5.41, 5.74) is -1.27. The maximum absolute atomic E-state index is 12.5. The molecule has 156 valence electrons. The third-order valence-electron chi connectivity index (χ3n) is 4.06. The monoisotopic (exact) mass is 412 g/mol. The highest BCUT2D eigenvalue weighted by Crippen LogP contribution is 2.29. The van der Waals surface area contributed by atoms with Crippen molar-refractivity contribution in [3.8, 4) is 0 Å². The van der Waals surface area contributed by atoms with Crippen LogP contribution in [-0.2, 0) is 17.4 Å². The van der Waals surface area contributed by atoms with E-state index in [1.165, 1.54) is 0 Å². The largest absolute Gasteiger partial charge is 0.416 e. The molecule has 11 heteroatoms. The molecule has 0 aliphatic heterocycles. The quantitative estimate of drug-likeness (QED) is 0.504. The highest BCUT2D eigenvalue weighted by molar-refractivity contribution is 5.94. The number of hydrogen-bond donors (Lipinski definition) is 4. The molecule has 29 heavy (non-hydrogen) atoms. The van der Waals surface area contributed by atoms with Crippen LogP contribution in [-0.4, -0.2) is 34.9 Å². The van der Waals surface area contributed by atoms with Gasteiger partial charge in [0.25, 0.3) is 11.5 Å². The van der Waals surface area contributed by atoms with Crippen molar-refractivity contribution in [3.63, 3.8) is 0 Å². The molecule has 0 radical (unpaired) electrons. The van der Waals surface area contributed by atoms with Gasteiger partial charge in [-0.25, -0.2) is 4.79 Å². The number of benzene rings is 1. The third kappa shape index (κ3) is 6.33. The van der Waals surface area contributed by atoms with Crippen molar-refractivity contribution in [2.45, 2.75) is 25.9 Å². The minimum atomic E-state index is -4.47. The number of amides is 2. The van der Waals surface area contributed by atoms with Gasteiger partial charge in [0.05, 0.1) is 5.56 Å². The number of aryl methyl sites for hydroxylation is 1. The molecule has 0 unspecified atom stereocenters. The van der Waals surface area contributed by atoms with Crippen molar-refractivity contribution < 1.29 is 22.8 Å². The lowest BCUT2D eigenvalue weighted by molar-refractivity contribution is -0.137. The number of carbonyl (C=O) groups is 2. The van der Waals surface area contributed by atoms with E-state index in [2.05, 4.69) is 20.6 Å². The molecule has 0 fully saturated rings. The Morgan fingerprint density at radius 2 is 1.62 bits per heavy atom. The number of carbonyl (C=O) groups excluding carboxylic acids is 2. The molecule has 0 spiro atoms. The average Bonchev–Trinajstić information content (AvgIpc) is 2.63. The summed E-state index contributed by atoms with van der Waals surface area (Å²) >= 11 is 0. The Labute approximate surface area is 162 Å². The van der Waals surface area contributed by atoms with Gasteiger partial charge in [-0.3, -0.25) is 19.4 Å². The van der Waals surface area contributed by atoms with Crippen LogP contribution in [0.15, 0.2) is 33.9 Å². The van der Waals surface area contributed by atoms with Crippen molar-refractivity contribution in [2.75, 3.05) is 13.1 Å². The fourth-order valence-corrected chi connectivity index (χ4v) is 2.54. The Kier molecular flexibility index (Phi) is 6.97. The van der Waals surface area contributed by atoms with Crippen LogP contribution >= 0.6 is 0 Å². The molecule has 2 amide bonds. The van der Waals surface area contributed by atoms with Crippen LogP contribution in [0.25, 0.3) is 0 Å². The summed E-state index contributed by atoms with van der Waals surface area (Å²) in [5, 5.41) is 5.03. The van der Waals surface area contributed by atoms with Crippen LogP contribution < -0.4 is 21.9 Å². The van der Waals surface area contributed by atoms with E-state index in [-0.39, 0.29) is 37.4 Å². The normalized spacial score (nSPS) is 11.2. The van der Waals surface area contributed by atoms with Crippen LogP contribution in [0.1, 0.15) is 33.6 Å². The van der Waals surface area contributed by atoms with Gasteiger partial charge >= 0.3 is 11.9 Å². The fraction of sp³-hybridized carbons (Fsp3) is 0.333. The van der Waals surface area contributed by atoms with Crippen LogP contribution in [0.2, 0.25) is 0 Å². The molecule has 0 aliphatic carbocycles.